The van der Waals surface area contributed by atoms with Crippen LogP contribution in [0.2, 0.25) is 0 Å². The molecule has 0 unspecified atom stereocenters. The molecular weight excluding hydrogens is 152 g/mol. The number of rotatable bonds is 4. The van der Waals surface area contributed by atoms with Crippen LogP contribution >= 0.6 is 12.2 Å². The van der Waals surface area contributed by atoms with E-state index in [4.69, 9.17) is 12.2 Å². The summed E-state index contributed by atoms with van der Waals surface area (Å²) < 4.78 is 0. The molecule has 0 atom stereocenters. The minimum Gasteiger partial charge on any atom is -0.103 e. The van der Waals surface area contributed by atoms with Crippen molar-refractivity contribution >= 4 is 17.1 Å². The maximum Gasteiger partial charge on any atom is 0.00132 e. The summed E-state index contributed by atoms with van der Waals surface area (Å²) in [5.41, 5.74) is 0.144. The van der Waals surface area contributed by atoms with Crippen LogP contribution in [0, 0.1) is 11.3 Å². The normalized spacial score (nSPS) is 11.7. The monoisotopic (exact) mass is 170 g/mol. The molecular formula is C10H18S. The van der Waals surface area contributed by atoms with Gasteiger partial charge in [0.05, 0.1) is 0 Å². The Kier molecular flexibility index (Phi) is 3.95. The van der Waals surface area contributed by atoms with Crippen molar-refractivity contribution in [2.45, 2.75) is 34.1 Å². The van der Waals surface area contributed by atoms with Crippen LogP contribution in [0.5, 0.6) is 0 Å². The van der Waals surface area contributed by atoms with Gasteiger partial charge in [-0.25, -0.2) is 0 Å². The summed E-state index contributed by atoms with van der Waals surface area (Å²) in [7, 11) is 0. The molecule has 0 spiro atoms. The van der Waals surface area contributed by atoms with E-state index in [1.165, 1.54) is 0 Å². The average molecular weight is 170 g/mol. The van der Waals surface area contributed by atoms with Crippen molar-refractivity contribution in [1.82, 2.24) is 0 Å². The van der Waals surface area contributed by atoms with E-state index in [2.05, 4.69) is 34.3 Å². The van der Waals surface area contributed by atoms with Crippen LogP contribution in [0.25, 0.3) is 0 Å². The van der Waals surface area contributed by atoms with Gasteiger partial charge in [0.1, 0.15) is 0 Å². The lowest BCUT2D eigenvalue weighted by atomic mass is 9.81. The summed E-state index contributed by atoms with van der Waals surface area (Å²) >= 11 is 5.33. The third-order valence-electron chi connectivity index (χ3n) is 1.85. The molecule has 0 radical (unpaired) electrons. The van der Waals surface area contributed by atoms with Crippen molar-refractivity contribution in [1.29, 1.82) is 0 Å². The molecule has 11 heavy (non-hydrogen) atoms. The lowest BCUT2D eigenvalue weighted by Crippen LogP contribution is -2.25. The van der Waals surface area contributed by atoms with Crippen molar-refractivity contribution < 1.29 is 0 Å². The molecule has 0 aromatic heterocycles. The first kappa shape index (κ1) is 10.8. The maximum absolute atomic E-state index is 5.33. The largest absolute Gasteiger partial charge is 0.103 e. The zero-order chi connectivity index (χ0) is 9.07. The van der Waals surface area contributed by atoms with Gasteiger partial charge in [0.2, 0.25) is 0 Å². The highest BCUT2D eigenvalue weighted by Crippen LogP contribution is 2.27. The molecule has 0 nitrogen and oxygen atoms in total. The van der Waals surface area contributed by atoms with E-state index >= 15 is 0 Å². The molecule has 0 bridgehead atoms. The van der Waals surface area contributed by atoms with Gasteiger partial charge in [0, 0.05) is 4.86 Å². The molecule has 0 aromatic rings. The first-order chi connectivity index (χ1) is 4.91. The summed E-state index contributed by atoms with van der Waals surface area (Å²) in [5, 5.41) is 0. The summed E-state index contributed by atoms with van der Waals surface area (Å²) in [4.78, 5) is 1.15. The number of allylic oxidation sites excluding steroid dienone is 1. The number of hydrogen-bond acceptors (Lipinski definition) is 1. The Morgan fingerprint density at radius 1 is 1.55 bits per heavy atom. The molecule has 1 heteroatoms. The first-order valence-electron chi connectivity index (χ1n) is 4.07. The summed E-state index contributed by atoms with van der Waals surface area (Å²) in [6.07, 6.45) is 2.92. The summed E-state index contributed by atoms with van der Waals surface area (Å²) in [6, 6.07) is 0. The lowest BCUT2D eigenvalue weighted by molar-refractivity contribution is 0.516. The van der Waals surface area contributed by atoms with Gasteiger partial charge >= 0.3 is 0 Å². The summed E-state index contributed by atoms with van der Waals surface area (Å²) in [5.74, 6) is 0.500. The van der Waals surface area contributed by atoms with Crippen LogP contribution < -0.4 is 0 Å². The molecule has 0 N–H and O–H groups in total. The van der Waals surface area contributed by atoms with E-state index in [-0.39, 0.29) is 5.41 Å². The molecule has 0 aliphatic carbocycles. The smallest absolute Gasteiger partial charge is 0.00132 e. The van der Waals surface area contributed by atoms with Gasteiger partial charge in [-0.15, -0.1) is 6.58 Å². The van der Waals surface area contributed by atoms with Crippen molar-refractivity contribution in [2.75, 3.05) is 0 Å². The number of hydrogen-bond donors (Lipinski definition) is 0. The highest BCUT2D eigenvalue weighted by molar-refractivity contribution is 7.80. The summed E-state index contributed by atoms with van der Waals surface area (Å²) in [6.45, 7) is 12.4. The topological polar surface area (TPSA) is 0 Å². The van der Waals surface area contributed by atoms with Gasteiger partial charge in [0.15, 0.2) is 0 Å². The highest BCUT2D eigenvalue weighted by Gasteiger charge is 2.23. The molecule has 0 aromatic carbocycles. The molecule has 0 aliphatic heterocycles. The zero-order valence-electron chi connectivity index (χ0n) is 7.98. The van der Waals surface area contributed by atoms with Crippen LogP contribution in [-0.2, 0) is 0 Å². The zero-order valence-corrected chi connectivity index (χ0v) is 8.79. The van der Waals surface area contributed by atoms with Crippen LogP contribution in [0.1, 0.15) is 34.1 Å². The Bertz CT molecular complexity index is 154. The van der Waals surface area contributed by atoms with Crippen molar-refractivity contribution in [3.05, 3.63) is 12.7 Å². The van der Waals surface area contributed by atoms with Crippen molar-refractivity contribution in [2.24, 2.45) is 11.3 Å². The molecule has 0 aliphatic rings. The van der Waals surface area contributed by atoms with E-state index in [0.29, 0.717) is 5.92 Å². The van der Waals surface area contributed by atoms with E-state index in [0.717, 1.165) is 11.3 Å². The van der Waals surface area contributed by atoms with Crippen molar-refractivity contribution in [3.8, 4) is 0 Å². The molecule has 0 saturated carbocycles. The molecule has 0 rings (SSSR count). The Morgan fingerprint density at radius 2 is 2.00 bits per heavy atom. The lowest BCUT2D eigenvalue weighted by Gasteiger charge is -2.26. The second-order valence-corrected chi connectivity index (χ2v) is 4.34. The third kappa shape index (κ3) is 3.15. The minimum atomic E-state index is 0.144. The predicted molar refractivity (Wildman–Crippen MR) is 56.0 cm³/mol. The quantitative estimate of drug-likeness (QED) is 0.459. The Labute approximate surface area is 75.7 Å². The first-order valence-corrected chi connectivity index (χ1v) is 4.48. The van der Waals surface area contributed by atoms with Crippen molar-refractivity contribution in [3.63, 3.8) is 0 Å². The van der Waals surface area contributed by atoms with Crippen LogP contribution in [-0.4, -0.2) is 4.86 Å². The minimum absolute atomic E-state index is 0.144. The van der Waals surface area contributed by atoms with Gasteiger partial charge < -0.3 is 0 Å². The van der Waals surface area contributed by atoms with E-state index in [9.17, 15) is 0 Å². The van der Waals surface area contributed by atoms with Crippen LogP contribution in [0.15, 0.2) is 12.7 Å². The van der Waals surface area contributed by atoms with Crippen LogP contribution in [0.3, 0.4) is 0 Å². The Balaban J connectivity index is 4.28. The Morgan fingerprint density at radius 3 is 2.27 bits per heavy atom. The second kappa shape index (κ2) is 4.01. The fraction of sp³-hybridized carbons (Fsp3) is 0.700. The second-order valence-electron chi connectivity index (χ2n) is 3.90. The maximum atomic E-state index is 5.33. The van der Waals surface area contributed by atoms with Crippen LogP contribution in [0.4, 0.5) is 0 Å². The molecule has 0 saturated heterocycles. The van der Waals surface area contributed by atoms with E-state index < -0.39 is 0 Å². The molecule has 0 amide bonds. The van der Waals surface area contributed by atoms with Gasteiger partial charge in [-0.05, 0) is 17.8 Å². The highest BCUT2D eigenvalue weighted by atomic mass is 32.1. The van der Waals surface area contributed by atoms with Gasteiger partial charge in [-0.1, -0.05) is 46.0 Å². The van der Waals surface area contributed by atoms with E-state index in [1.54, 1.807) is 0 Å². The van der Waals surface area contributed by atoms with Gasteiger partial charge in [-0.2, -0.15) is 0 Å². The predicted octanol–water partition coefficient (Wildman–Crippen LogP) is 3.61. The van der Waals surface area contributed by atoms with E-state index in [1.807, 2.05) is 6.08 Å². The standard InChI is InChI=1S/C10H18S/c1-6-7-10(4,5)9(11)8(2)3/h6,8H,1,7H2,2-5H3. The fourth-order valence-electron chi connectivity index (χ4n) is 1.24. The molecule has 64 valence electrons. The SMILES string of the molecule is C=CCC(C)(C)C(=S)C(C)C. The van der Waals surface area contributed by atoms with Gasteiger partial charge in [-0.3, -0.25) is 0 Å². The Hall–Kier alpha value is -0.170. The third-order valence-corrected chi connectivity index (χ3v) is 2.87. The fourth-order valence-corrected chi connectivity index (χ4v) is 1.33. The van der Waals surface area contributed by atoms with Gasteiger partial charge in [0.25, 0.3) is 0 Å². The number of thiocarbonyl (C=S) groups is 1. The molecule has 0 heterocycles. The average Bonchev–Trinajstić information content (AvgIpc) is 1.86. The molecule has 0 fully saturated rings.